The summed E-state index contributed by atoms with van der Waals surface area (Å²) in [6.45, 7) is 1.66. The molecule has 4 aromatic carbocycles. The maximum absolute atomic E-state index is 13.1. The normalized spacial score (nSPS) is 13.9. The summed E-state index contributed by atoms with van der Waals surface area (Å²) in [7, 11) is 0. The van der Waals surface area contributed by atoms with Crippen LogP contribution in [0, 0.1) is 10.1 Å². The van der Waals surface area contributed by atoms with E-state index in [0.717, 1.165) is 27.4 Å². The molecule has 1 heterocycles. The van der Waals surface area contributed by atoms with Crippen molar-refractivity contribution >= 4 is 57.0 Å². The smallest absolute Gasteiger partial charge is 0.294 e. The van der Waals surface area contributed by atoms with E-state index in [1.165, 1.54) is 6.07 Å². The van der Waals surface area contributed by atoms with Gasteiger partial charge in [-0.3, -0.25) is 29.4 Å². The van der Waals surface area contributed by atoms with Crippen molar-refractivity contribution in [3.8, 4) is 11.5 Å². The number of ether oxygens (including phenoxy) is 2. The fraction of sp³-hybridized carbons (Fsp3) is 0.129. The first-order chi connectivity index (χ1) is 20.3. The van der Waals surface area contributed by atoms with E-state index < -0.39 is 28.5 Å². The largest absolute Gasteiger partial charge is 0.490 e. The summed E-state index contributed by atoms with van der Waals surface area (Å²) in [4.78, 5) is 50.4. The summed E-state index contributed by atoms with van der Waals surface area (Å²) in [5.41, 5.74) is 1.52. The SMILES string of the molecule is CCOc1cc(/C=C2/SC(=O)N(CC(=O)Nc3cccc4ccccc34)C2=O)ccc1OCc1ccccc1[N+](=O)[O-]. The second-order valence-corrected chi connectivity index (χ2v) is 10.1. The van der Waals surface area contributed by atoms with Crippen LogP contribution >= 0.6 is 11.8 Å². The van der Waals surface area contributed by atoms with Crippen molar-refractivity contribution in [2.75, 3.05) is 18.5 Å². The second-order valence-electron chi connectivity index (χ2n) is 9.16. The number of nitro benzene ring substituents is 1. The predicted molar refractivity (Wildman–Crippen MR) is 160 cm³/mol. The van der Waals surface area contributed by atoms with Crippen LogP contribution in [0.1, 0.15) is 18.1 Å². The predicted octanol–water partition coefficient (Wildman–Crippen LogP) is 6.40. The molecule has 4 aromatic rings. The molecule has 10 nitrogen and oxygen atoms in total. The minimum absolute atomic E-state index is 0.0453. The number of nitrogens with zero attached hydrogens (tertiary/aromatic N) is 2. The quantitative estimate of drug-likeness (QED) is 0.129. The van der Waals surface area contributed by atoms with Gasteiger partial charge in [-0.2, -0.15) is 0 Å². The van der Waals surface area contributed by atoms with Gasteiger partial charge in [-0.1, -0.05) is 54.6 Å². The zero-order valence-electron chi connectivity index (χ0n) is 22.4. The number of imide groups is 1. The third-order valence-corrected chi connectivity index (χ3v) is 7.28. The molecular formula is C31H25N3O7S. The molecule has 5 rings (SSSR count). The van der Waals surface area contributed by atoms with Crippen LogP contribution in [0.4, 0.5) is 16.2 Å². The molecular weight excluding hydrogens is 558 g/mol. The topological polar surface area (TPSA) is 128 Å². The standard InChI is InChI=1S/C31H25N3O7S/c1-2-40-27-16-20(14-15-26(27)41-19-22-9-4-6-13-25(22)34(38)39)17-28-30(36)33(31(37)42-28)18-29(35)32-24-12-7-10-21-8-3-5-11-23(21)24/h3-17H,2,18-19H2,1H3,(H,32,35)/b28-17+. The maximum Gasteiger partial charge on any atom is 0.294 e. The highest BCUT2D eigenvalue weighted by molar-refractivity contribution is 8.18. The minimum atomic E-state index is -0.576. The lowest BCUT2D eigenvalue weighted by Gasteiger charge is -2.14. The summed E-state index contributed by atoms with van der Waals surface area (Å²) in [6.07, 6.45) is 1.54. The summed E-state index contributed by atoms with van der Waals surface area (Å²) in [5, 5.41) is 15.4. The number of thioether (sulfide) groups is 1. The Hall–Kier alpha value is -5.16. The van der Waals surface area contributed by atoms with Crippen molar-refractivity contribution in [1.82, 2.24) is 4.90 Å². The van der Waals surface area contributed by atoms with Gasteiger partial charge in [0.05, 0.1) is 22.0 Å². The van der Waals surface area contributed by atoms with Crippen LogP contribution < -0.4 is 14.8 Å². The number of hydrogen-bond acceptors (Lipinski definition) is 8. The van der Waals surface area contributed by atoms with Gasteiger partial charge in [0.1, 0.15) is 13.2 Å². The molecule has 1 N–H and O–H groups in total. The highest BCUT2D eigenvalue weighted by Gasteiger charge is 2.36. The number of carbonyl (C=O) groups excluding carboxylic acids is 3. The molecule has 0 aliphatic carbocycles. The van der Waals surface area contributed by atoms with Gasteiger partial charge in [-0.25, -0.2) is 0 Å². The Balaban J connectivity index is 1.28. The summed E-state index contributed by atoms with van der Waals surface area (Å²) in [6, 6.07) is 24.3. The number of nitrogens with one attached hydrogen (secondary N) is 1. The lowest BCUT2D eigenvalue weighted by molar-refractivity contribution is -0.385. The van der Waals surface area contributed by atoms with Crippen LogP contribution in [0.15, 0.2) is 89.8 Å². The van der Waals surface area contributed by atoms with E-state index in [0.29, 0.717) is 34.9 Å². The lowest BCUT2D eigenvalue weighted by atomic mass is 10.1. The number of benzene rings is 4. The van der Waals surface area contributed by atoms with Gasteiger partial charge in [0.15, 0.2) is 11.5 Å². The third kappa shape index (κ3) is 6.26. The number of nitro groups is 1. The van der Waals surface area contributed by atoms with E-state index in [-0.39, 0.29) is 17.2 Å². The molecule has 42 heavy (non-hydrogen) atoms. The van der Waals surface area contributed by atoms with Crippen molar-refractivity contribution in [2.45, 2.75) is 13.5 Å². The van der Waals surface area contributed by atoms with Crippen molar-refractivity contribution in [3.63, 3.8) is 0 Å². The van der Waals surface area contributed by atoms with Gasteiger partial charge in [0.25, 0.3) is 16.8 Å². The molecule has 0 radical (unpaired) electrons. The highest BCUT2D eigenvalue weighted by atomic mass is 32.2. The molecule has 0 spiro atoms. The third-order valence-electron chi connectivity index (χ3n) is 6.38. The molecule has 1 saturated heterocycles. The summed E-state index contributed by atoms with van der Waals surface area (Å²) in [5.74, 6) is -0.328. The first-order valence-corrected chi connectivity index (χ1v) is 13.8. The van der Waals surface area contributed by atoms with Crippen molar-refractivity contribution in [1.29, 1.82) is 0 Å². The molecule has 11 heteroatoms. The minimum Gasteiger partial charge on any atom is -0.490 e. The van der Waals surface area contributed by atoms with Crippen LogP contribution in [-0.2, 0) is 16.2 Å². The molecule has 0 atom stereocenters. The molecule has 1 fully saturated rings. The Morgan fingerprint density at radius 1 is 0.976 bits per heavy atom. The fourth-order valence-corrected chi connectivity index (χ4v) is 5.26. The average molecular weight is 584 g/mol. The first kappa shape index (κ1) is 28.4. The Morgan fingerprint density at radius 2 is 1.74 bits per heavy atom. The van der Waals surface area contributed by atoms with Crippen LogP contribution in [-0.4, -0.2) is 40.0 Å². The molecule has 1 aliphatic heterocycles. The van der Waals surface area contributed by atoms with Crippen LogP contribution in [0.3, 0.4) is 0 Å². The molecule has 0 unspecified atom stereocenters. The number of carbonyl (C=O) groups is 3. The second kappa shape index (κ2) is 12.6. The number of para-hydroxylation sites is 1. The Labute approximate surface area is 245 Å². The van der Waals surface area contributed by atoms with E-state index in [2.05, 4.69) is 5.32 Å². The van der Waals surface area contributed by atoms with E-state index in [4.69, 9.17) is 9.47 Å². The monoisotopic (exact) mass is 583 g/mol. The number of anilines is 1. The maximum atomic E-state index is 13.1. The average Bonchev–Trinajstić information content (AvgIpc) is 3.24. The van der Waals surface area contributed by atoms with Crippen LogP contribution in [0.2, 0.25) is 0 Å². The van der Waals surface area contributed by atoms with Gasteiger partial charge >= 0.3 is 0 Å². The molecule has 0 bridgehead atoms. The van der Waals surface area contributed by atoms with Gasteiger partial charge in [0, 0.05) is 17.1 Å². The van der Waals surface area contributed by atoms with E-state index >= 15 is 0 Å². The Bertz CT molecular complexity index is 1730. The van der Waals surface area contributed by atoms with Crippen molar-refractivity contribution < 1.29 is 28.8 Å². The number of fused-ring (bicyclic) bond motifs is 1. The van der Waals surface area contributed by atoms with E-state index in [9.17, 15) is 24.5 Å². The van der Waals surface area contributed by atoms with Gasteiger partial charge < -0.3 is 14.8 Å². The number of hydrogen-bond donors (Lipinski definition) is 1. The van der Waals surface area contributed by atoms with Gasteiger partial charge in [-0.05, 0) is 60.0 Å². The van der Waals surface area contributed by atoms with E-state index in [1.54, 1.807) is 55.5 Å². The molecule has 0 saturated carbocycles. The van der Waals surface area contributed by atoms with E-state index in [1.807, 2.05) is 36.4 Å². The number of rotatable bonds is 10. The summed E-state index contributed by atoms with van der Waals surface area (Å²) < 4.78 is 11.5. The zero-order valence-corrected chi connectivity index (χ0v) is 23.3. The number of amides is 3. The summed E-state index contributed by atoms with van der Waals surface area (Å²) >= 11 is 0.745. The van der Waals surface area contributed by atoms with Gasteiger partial charge in [0.2, 0.25) is 5.91 Å². The molecule has 1 aliphatic rings. The fourth-order valence-electron chi connectivity index (χ4n) is 4.42. The van der Waals surface area contributed by atoms with Crippen molar-refractivity contribution in [3.05, 3.63) is 111 Å². The first-order valence-electron chi connectivity index (χ1n) is 13.0. The lowest BCUT2D eigenvalue weighted by Crippen LogP contribution is -2.36. The highest BCUT2D eigenvalue weighted by Crippen LogP contribution is 2.35. The molecule has 212 valence electrons. The van der Waals surface area contributed by atoms with Gasteiger partial charge in [-0.15, -0.1) is 0 Å². The Kier molecular flexibility index (Phi) is 8.49. The van der Waals surface area contributed by atoms with Crippen molar-refractivity contribution in [2.24, 2.45) is 0 Å². The van der Waals surface area contributed by atoms with Crippen LogP contribution in [0.25, 0.3) is 16.8 Å². The Morgan fingerprint density at radius 3 is 2.55 bits per heavy atom. The van der Waals surface area contributed by atoms with Crippen LogP contribution in [0.5, 0.6) is 11.5 Å². The molecule has 3 amide bonds. The zero-order chi connectivity index (χ0) is 29.6. The molecule has 0 aromatic heterocycles.